The zero-order valence-electron chi connectivity index (χ0n) is 36.2. The molecule has 4 nitrogen and oxygen atoms in total. The molecular weight excluding hydrogens is 745 g/mol. The van der Waals surface area contributed by atoms with Gasteiger partial charge in [0.25, 0.3) is 11.9 Å². The topological polar surface area (TPSA) is 52.6 Å². The average molecular weight is 819 g/mol. The molecule has 0 spiro atoms. The van der Waals surface area contributed by atoms with E-state index < -0.39 is 16.6 Å². The summed E-state index contributed by atoms with van der Waals surface area (Å²) in [7, 11) is -5.92. The summed E-state index contributed by atoms with van der Waals surface area (Å²) in [4.78, 5) is 28.2. The third-order valence-corrected chi connectivity index (χ3v) is 20.2. The first-order chi connectivity index (χ1) is 28.5. The van der Waals surface area contributed by atoms with Gasteiger partial charge in [-0.2, -0.15) is 0 Å². The zero-order chi connectivity index (χ0) is 41.0. The highest BCUT2D eigenvalue weighted by molar-refractivity contribution is 6.99. The first-order valence-corrected chi connectivity index (χ1v) is 27.4. The van der Waals surface area contributed by atoms with E-state index in [1.54, 1.807) is 0 Å². The number of rotatable bonds is 31. The zero-order valence-corrected chi connectivity index (χ0v) is 38.2. The fraction of sp³-hybridized carbons (Fsp3) is 0.500. The van der Waals surface area contributed by atoms with Gasteiger partial charge < -0.3 is 8.85 Å². The second-order valence-corrected chi connectivity index (χ2v) is 23.5. The minimum atomic E-state index is -2.96. The van der Waals surface area contributed by atoms with Crippen molar-refractivity contribution in [2.45, 2.75) is 167 Å². The predicted octanol–water partition coefficient (Wildman–Crippen LogP) is 12.2. The molecule has 0 saturated heterocycles. The molecule has 4 rings (SSSR count). The molecule has 0 amide bonds. The lowest BCUT2D eigenvalue weighted by atomic mass is 10.1. The van der Waals surface area contributed by atoms with Crippen LogP contribution in [0.5, 0.6) is 0 Å². The molecule has 314 valence electrons. The van der Waals surface area contributed by atoms with E-state index in [4.69, 9.17) is 8.85 Å². The van der Waals surface area contributed by atoms with Crippen molar-refractivity contribution in [2.24, 2.45) is 0 Å². The van der Waals surface area contributed by atoms with Gasteiger partial charge in [0, 0.05) is 0 Å². The summed E-state index contributed by atoms with van der Waals surface area (Å²) >= 11 is 0. The van der Waals surface area contributed by atoms with E-state index in [9.17, 15) is 9.59 Å². The molecule has 0 N–H and O–H groups in total. The minimum Gasteiger partial charge on any atom is -0.510 e. The van der Waals surface area contributed by atoms with Crippen LogP contribution in [0.1, 0.15) is 155 Å². The first-order valence-electron chi connectivity index (χ1n) is 23.2. The molecule has 0 atom stereocenters. The molecule has 0 aliphatic carbocycles. The van der Waals surface area contributed by atoms with Crippen LogP contribution in [0, 0.1) is 0 Å². The van der Waals surface area contributed by atoms with Crippen LogP contribution in [0.25, 0.3) is 0 Å². The molecule has 0 heterocycles. The van der Waals surface area contributed by atoms with Gasteiger partial charge in [-0.3, -0.25) is 9.59 Å². The molecule has 0 aliphatic rings. The second-order valence-electron chi connectivity index (χ2n) is 16.4. The number of benzene rings is 4. The van der Waals surface area contributed by atoms with Crippen molar-refractivity contribution in [1.29, 1.82) is 0 Å². The van der Waals surface area contributed by atoms with Crippen LogP contribution in [0.4, 0.5) is 0 Å². The number of hydrogen-bond acceptors (Lipinski definition) is 4. The number of carbonyl (C=O) groups is 2. The number of carbonyl (C=O) groups excluding carboxylic acids is 2. The summed E-state index contributed by atoms with van der Waals surface area (Å²) in [6, 6.07) is 43.2. The molecule has 4 aromatic rings. The third kappa shape index (κ3) is 15.8. The summed E-state index contributed by atoms with van der Waals surface area (Å²) < 4.78 is 13.6. The quantitative estimate of drug-likeness (QED) is 0.0375. The molecule has 0 aliphatic heterocycles. The van der Waals surface area contributed by atoms with E-state index >= 15 is 0 Å². The van der Waals surface area contributed by atoms with Crippen molar-refractivity contribution in [3.8, 4) is 0 Å². The van der Waals surface area contributed by atoms with E-state index in [2.05, 4.69) is 111 Å². The Morgan fingerprint density at radius 3 is 0.810 bits per heavy atom. The van der Waals surface area contributed by atoms with Gasteiger partial charge in [-0.15, -0.1) is 0 Å². The van der Waals surface area contributed by atoms with E-state index in [0.29, 0.717) is 0 Å². The molecule has 0 radical (unpaired) electrons. The highest BCUT2D eigenvalue weighted by Gasteiger charge is 2.44. The number of hydrogen-bond donors (Lipinski definition) is 0. The van der Waals surface area contributed by atoms with Crippen LogP contribution in [0.2, 0.25) is 12.1 Å². The lowest BCUT2D eigenvalue weighted by Gasteiger charge is -2.33. The highest BCUT2D eigenvalue weighted by atomic mass is 28.4. The minimum absolute atomic E-state index is 0.00238. The Morgan fingerprint density at radius 1 is 0.345 bits per heavy atom. The maximum atomic E-state index is 14.1. The van der Waals surface area contributed by atoms with E-state index in [-0.39, 0.29) is 24.8 Å². The van der Waals surface area contributed by atoms with Crippen molar-refractivity contribution < 1.29 is 18.4 Å². The summed E-state index contributed by atoms with van der Waals surface area (Å²) in [6.45, 7) is 4.54. The predicted molar refractivity (Wildman–Crippen MR) is 251 cm³/mol. The Labute approximate surface area is 354 Å². The molecule has 58 heavy (non-hydrogen) atoms. The van der Waals surface area contributed by atoms with Crippen molar-refractivity contribution in [3.05, 3.63) is 121 Å². The molecule has 0 fully saturated rings. The van der Waals surface area contributed by atoms with E-state index in [1.807, 2.05) is 24.3 Å². The van der Waals surface area contributed by atoms with Crippen LogP contribution >= 0.6 is 0 Å². The van der Waals surface area contributed by atoms with Gasteiger partial charge in [-0.1, -0.05) is 264 Å². The maximum Gasteiger partial charge on any atom is 0.318 e. The van der Waals surface area contributed by atoms with Crippen molar-refractivity contribution in [3.63, 3.8) is 0 Å². The van der Waals surface area contributed by atoms with Crippen LogP contribution < -0.4 is 20.7 Å². The monoisotopic (exact) mass is 819 g/mol. The smallest absolute Gasteiger partial charge is 0.318 e. The summed E-state index contributed by atoms with van der Waals surface area (Å²) in [5.74, 6) is -0.630. The molecule has 6 heteroatoms. The fourth-order valence-corrected chi connectivity index (χ4v) is 16.4. The Bertz CT molecular complexity index is 1440. The van der Waals surface area contributed by atoms with E-state index in [0.717, 1.165) is 58.5 Å². The lowest BCUT2D eigenvalue weighted by molar-refractivity contribution is -0.141. The molecule has 0 unspecified atom stereocenters. The summed E-state index contributed by atoms with van der Waals surface area (Å²) in [5, 5.41) is 4.40. The van der Waals surface area contributed by atoms with Crippen molar-refractivity contribution >= 4 is 49.3 Å². The first kappa shape index (κ1) is 46.9. The molecule has 0 saturated carbocycles. The maximum absolute atomic E-state index is 14.1. The van der Waals surface area contributed by atoms with Crippen LogP contribution in [-0.4, -0.2) is 28.6 Å². The van der Waals surface area contributed by atoms with Gasteiger partial charge in [0.05, 0.1) is 12.8 Å². The summed E-state index contributed by atoms with van der Waals surface area (Å²) in [5.41, 5.74) is 0. The Balaban J connectivity index is 1.44. The Kier molecular flexibility index (Phi) is 22.5. The fourth-order valence-electron chi connectivity index (χ4n) is 8.50. The van der Waals surface area contributed by atoms with Gasteiger partial charge in [0.1, 0.15) is 0 Å². The molecule has 0 bridgehead atoms. The standard InChI is InChI=1S/C52H74O4Si2/c1-3-5-7-9-11-13-15-17-19-33-45-57(47-35-25-21-26-36-47,48-37-27-22-28-38-48)55-51(53)43-44-52(54)56-58(49-39-29-23-30-40-49,50-41-31-24-32-42-50)46-34-20-18-16-14-12-10-8-6-4-2/h21-32,35-42H,3-20,33-34,43-46H2,1-2H3. The van der Waals surface area contributed by atoms with Crippen molar-refractivity contribution in [2.75, 3.05) is 0 Å². The summed E-state index contributed by atoms with van der Waals surface area (Å²) in [6.07, 6.45) is 25.1. The Hall–Kier alpha value is -3.75. The van der Waals surface area contributed by atoms with Gasteiger partial charge in [-0.05, 0) is 32.8 Å². The second kappa shape index (κ2) is 27.9. The molecule has 4 aromatic carbocycles. The Morgan fingerprint density at radius 2 is 0.569 bits per heavy atom. The lowest BCUT2D eigenvalue weighted by Crippen LogP contribution is -2.62. The largest absolute Gasteiger partial charge is 0.510 e. The van der Waals surface area contributed by atoms with Crippen LogP contribution in [-0.2, 0) is 18.4 Å². The van der Waals surface area contributed by atoms with Gasteiger partial charge in [0.15, 0.2) is 0 Å². The highest BCUT2D eigenvalue weighted by Crippen LogP contribution is 2.23. The molecule has 0 aromatic heterocycles. The van der Waals surface area contributed by atoms with Crippen molar-refractivity contribution in [1.82, 2.24) is 0 Å². The van der Waals surface area contributed by atoms with Crippen LogP contribution in [0.15, 0.2) is 121 Å². The average Bonchev–Trinajstić information content (AvgIpc) is 3.27. The van der Waals surface area contributed by atoms with Gasteiger partial charge >= 0.3 is 16.6 Å². The number of unbranched alkanes of at least 4 members (excludes halogenated alkanes) is 18. The SMILES string of the molecule is CCCCCCCCCCCC[Si](OC(=O)CCC(=O)O[Si](CCCCCCCCCCCC)(c1ccccc1)c1ccccc1)(c1ccccc1)c1ccccc1. The van der Waals surface area contributed by atoms with Gasteiger partial charge in [-0.25, -0.2) is 0 Å². The van der Waals surface area contributed by atoms with E-state index in [1.165, 1.54) is 103 Å². The van der Waals surface area contributed by atoms with Crippen LogP contribution in [0.3, 0.4) is 0 Å². The van der Waals surface area contributed by atoms with Gasteiger partial charge in [0.2, 0.25) is 0 Å². The molecular formula is C52H74O4Si2. The normalized spacial score (nSPS) is 11.7. The third-order valence-electron chi connectivity index (χ3n) is 11.8.